The molecule has 0 radical (unpaired) electrons. The molecule has 9 unspecified atom stereocenters. The second kappa shape index (κ2) is 45.7. The van der Waals surface area contributed by atoms with Crippen LogP contribution in [0.3, 0.4) is 0 Å². The zero-order valence-corrected chi connectivity index (χ0v) is 43.1. The molecule has 0 aliphatic carbocycles. The van der Waals surface area contributed by atoms with Crippen molar-refractivity contribution in [2.75, 3.05) is 13.2 Å². The van der Waals surface area contributed by atoms with Gasteiger partial charge in [-0.3, -0.25) is 4.79 Å². The molecule has 0 aromatic rings. The number of allylic oxidation sites excluding steroid dienone is 4. The Labute approximate surface area is 410 Å². The fourth-order valence-corrected chi connectivity index (χ4v) is 9.08. The van der Waals surface area contributed by atoms with Gasteiger partial charge in [0.15, 0.2) is 6.29 Å². The summed E-state index contributed by atoms with van der Waals surface area (Å²) < 4.78 is 11.1. The molecule has 1 saturated heterocycles. The van der Waals surface area contributed by atoms with Gasteiger partial charge in [-0.1, -0.05) is 218 Å². The Hall–Kier alpha value is -1.41. The van der Waals surface area contributed by atoms with E-state index < -0.39 is 74.2 Å². The van der Waals surface area contributed by atoms with E-state index in [0.29, 0.717) is 12.8 Å². The van der Waals surface area contributed by atoms with Gasteiger partial charge in [0.2, 0.25) is 5.91 Å². The topological polar surface area (TPSA) is 189 Å². The molecule has 1 aliphatic rings. The van der Waals surface area contributed by atoms with Crippen LogP contribution in [0.25, 0.3) is 0 Å². The van der Waals surface area contributed by atoms with Gasteiger partial charge in [0.1, 0.15) is 36.6 Å². The van der Waals surface area contributed by atoms with Crippen molar-refractivity contribution >= 4 is 5.91 Å². The van der Waals surface area contributed by atoms with Crippen LogP contribution in [0, 0.1) is 0 Å². The monoisotopic (exact) mass is 954 g/mol. The standard InChI is InChI=1S/C56H107NO10/c1-3-5-7-9-11-13-15-17-19-20-21-22-23-24-25-26-27-28-30-31-33-35-37-39-41-43-48(59)51(61)47(46-66-56-54(64)53(63)52(62)50(45-58)67-56)57-55(65)49(60)44-42-40-38-36-34-32-29-18-16-14-12-10-8-6-4-2/h29,32,35,37,47-54,56,58-64H,3-28,30-31,33-34,36,38-46H2,1-2H3,(H,57,65)/b32-29-,37-35+. The molecule has 0 spiro atoms. The zero-order chi connectivity index (χ0) is 49.0. The summed E-state index contributed by atoms with van der Waals surface area (Å²) >= 11 is 0. The third kappa shape index (κ3) is 34.5. The zero-order valence-electron chi connectivity index (χ0n) is 43.1. The molecule has 396 valence electrons. The summed E-state index contributed by atoms with van der Waals surface area (Å²) in [5.74, 6) is -0.713. The molecule has 0 saturated carbocycles. The molecule has 1 aliphatic heterocycles. The molecule has 0 aromatic heterocycles. The highest BCUT2D eigenvalue weighted by atomic mass is 16.7. The number of hydrogen-bond acceptors (Lipinski definition) is 10. The van der Waals surface area contributed by atoms with Crippen LogP contribution in [0.5, 0.6) is 0 Å². The van der Waals surface area contributed by atoms with E-state index in [4.69, 9.17) is 9.47 Å². The van der Waals surface area contributed by atoms with Crippen molar-refractivity contribution in [3.8, 4) is 0 Å². The normalized spacial score (nSPS) is 20.8. The number of aliphatic hydroxyl groups is 7. The van der Waals surface area contributed by atoms with Crippen molar-refractivity contribution in [1.82, 2.24) is 5.32 Å². The lowest BCUT2D eigenvalue weighted by molar-refractivity contribution is -0.303. The van der Waals surface area contributed by atoms with Crippen LogP contribution >= 0.6 is 0 Å². The summed E-state index contributed by atoms with van der Waals surface area (Å²) in [7, 11) is 0. The van der Waals surface area contributed by atoms with Crippen molar-refractivity contribution in [3.63, 3.8) is 0 Å². The number of amides is 1. The van der Waals surface area contributed by atoms with Crippen LogP contribution in [0.15, 0.2) is 24.3 Å². The average molecular weight is 954 g/mol. The Morgan fingerprint density at radius 2 is 0.881 bits per heavy atom. The van der Waals surface area contributed by atoms with Gasteiger partial charge in [-0.15, -0.1) is 0 Å². The Morgan fingerprint density at radius 3 is 1.28 bits per heavy atom. The van der Waals surface area contributed by atoms with Crippen molar-refractivity contribution in [1.29, 1.82) is 0 Å². The fourth-order valence-electron chi connectivity index (χ4n) is 9.08. The van der Waals surface area contributed by atoms with Crippen LogP contribution in [-0.4, -0.2) is 110 Å². The first kappa shape index (κ1) is 63.6. The minimum atomic E-state index is -1.67. The van der Waals surface area contributed by atoms with Crippen LogP contribution in [0.4, 0.5) is 0 Å². The van der Waals surface area contributed by atoms with Gasteiger partial charge in [0.25, 0.3) is 0 Å². The predicted octanol–water partition coefficient (Wildman–Crippen LogP) is 11.3. The lowest BCUT2D eigenvalue weighted by Gasteiger charge is -2.40. The van der Waals surface area contributed by atoms with E-state index in [-0.39, 0.29) is 12.8 Å². The highest BCUT2D eigenvalue weighted by Crippen LogP contribution is 2.23. The smallest absolute Gasteiger partial charge is 0.249 e. The van der Waals surface area contributed by atoms with Gasteiger partial charge in [-0.25, -0.2) is 0 Å². The first-order chi connectivity index (χ1) is 32.7. The van der Waals surface area contributed by atoms with Crippen molar-refractivity contribution < 1.29 is 50.0 Å². The number of rotatable bonds is 48. The number of carbonyl (C=O) groups excluding carboxylic acids is 1. The van der Waals surface area contributed by atoms with Gasteiger partial charge < -0.3 is 50.5 Å². The number of aliphatic hydroxyl groups excluding tert-OH is 7. The van der Waals surface area contributed by atoms with Crippen LogP contribution in [-0.2, 0) is 14.3 Å². The SMILES string of the molecule is CCCCCCCCC/C=C\CCCCCCC(O)C(=O)NC(COC1OC(CO)C(O)C(O)C1O)C(O)C(O)CCC/C=C/CCCCCCCCCCCCCCCCCCCCCC. The number of nitrogens with one attached hydrogen (secondary N) is 1. The van der Waals surface area contributed by atoms with Gasteiger partial charge in [0, 0.05) is 0 Å². The summed E-state index contributed by atoms with van der Waals surface area (Å²) in [6.07, 6.45) is 42.4. The molecule has 1 amide bonds. The Bertz CT molecular complexity index is 1140. The van der Waals surface area contributed by atoms with Crippen LogP contribution in [0.2, 0.25) is 0 Å². The van der Waals surface area contributed by atoms with Gasteiger partial charge >= 0.3 is 0 Å². The molecule has 1 heterocycles. The van der Waals surface area contributed by atoms with Crippen molar-refractivity contribution in [2.45, 2.75) is 313 Å². The first-order valence-corrected chi connectivity index (χ1v) is 28.2. The molecular formula is C56H107NO10. The number of hydrogen-bond donors (Lipinski definition) is 8. The average Bonchev–Trinajstić information content (AvgIpc) is 3.33. The third-order valence-electron chi connectivity index (χ3n) is 13.7. The second-order valence-electron chi connectivity index (χ2n) is 20.0. The van der Waals surface area contributed by atoms with Gasteiger partial charge in [-0.2, -0.15) is 0 Å². The third-order valence-corrected chi connectivity index (χ3v) is 13.7. The minimum Gasteiger partial charge on any atom is -0.394 e. The van der Waals surface area contributed by atoms with Gasteiger partial charge in [0.05, 0.1) is 25.4 Å². The maximum absolute atomic E-state index is 13.1. The van der Waals surface area contributed by atoms with E-state index in [2.05, 4.69) is 43.5 Å². The molecule has 67 heavy (non-hydrogen) atoms. The summed E-state index contributed by atoms with van der Waals surface area (Å²) in [4.78, 5) is 13.1. The molecule has 1 fully saturated rings. The first-order valence-electron chi connectivity index (χ1n) is 28.2. The summed E-state index contributed by atoms with van der Waals surface area (Å²) in [6, 6.07) is -1.19. The van der Waals surface area contributed by atoms with E-state index in [1.165, 1.54) is 167 Å². The minimum absolute atomic E-state index is 0.241. The van der Waals surface area contributed by atoms with Crippen molar-refractivity contribution in [2.24, 2.45) is 0 Å². The Morgan fingerprint density at radius 1 is 0.507 bits per heavy atom. The van der Waals surface area contributed by atoms with E-state index >= 15 is 0 Å². The molecule has 11 nitrogen and oxygen atoms in total. The van der Waals surface area contributed by atoms with Gasteiger partial charge in [-0.05, 0) is 64.2 Å². The lowest BCUT2D eigenvalue weighted by atomic mass is 9.98. The maximum Gasteiger partial charge on any atom is 0.249 e. The largest absolute Gasteiger partial charge is 0.394 e. The maximum atomic E-state index is 13.1. The number of unbranched alkanes of at least 4 members (excludes halogenated alkanes) is 32. The van der Waals surface area contributed by atoms with E-state index in [0.717, 1.165) is 51.4 Å². The second-order valence-corrected chi connectivity index (χ2v) is 20.0. The van der Waals surface area contributed by atoms with E-state index in [9.17, 15) is 40.5 Å². The van der Waals surface area contributed by atoms with Crippen LogP contribution in [0.1, 0.15) is 258 Å². The number of ether oxygens (including phenoxy) is 2. The molecule has 9 atom stereocenters. The lowest BCUT2D eigenvalue weighted by Crippen LogP contribution is -2.60. The molecule has 0 bridgehead atoms. The summed E-state index contributed by atoms with van der Waals surface area (Å²) in [6.45, 7) is 3.45. The predicted molar refractivity (Wildman–Crippen MR) is 275 cm³/mol. The van der Waals surface area contributed by atoms with E-state index in [1.807, 2.05) is 0 Å². The molecule has 8 N–H and O–H groups in total. The Balaban J connectivity index is 2.33. The number of carbonyl (C=O) groups is 1. The molecular weight excluding hydrogens is 847 g/mol. The fraction of sp³-hybridized carbons (Fsp3) is 0.911. The van der Waals surface area contributed by atoms with Crippen molar-refractivity contribution in [3.05, 3.63) is 24.3 Å². The summed E-state index contributed by atoms with van der Waals surface area (Å²) in [5.41, 5.74) is 0. The van der Waals surface area contributed by atoms with Crippen LogP contribution < -0.4 is 5.32 Å². The highest BCUT2D eigenvalue weighted by Gasteiger charge is 2.44. The molecule has 1 rings (SSSR count). The Kier molecular flexibility index (Phi) is 43.4. The highest BCUT2D eigenvalue weighted by molar-refractivity contribution is 5.80. The van der Waals surface area contributed by atoms with E-state index in [1.54, 1.807) is 0 Å². The molecule has 11 heteroatoms. The quantitative estimate of drug-likeness (QED) is 0.0215. The summed E-state index contributed by atoms with van der Waals surface area (Å²) in [5, 5.41) is 76.0. The molecule has 0 aromatic carbocycles.